The molecule has 0 N–H and O–H groups in total. The SMILES string of the molecule is FC(F)COC1CC(Br)C12CCCC2. The smallest absolute Gasteiger partial charge is 0.261 e. The maximum Gasteiger partial charge on any atom is 0.261 e. The quantitative estimate of drug-likeness (QED) is 0.714. The number of halogens is 3. The maximum atomic E-state index is 12.0. The van der Waals surface area contributed by atoms with Crippen LogP contribution in [0.25, 0.3) is 0 Å². The van der Waals surface area contributed by atoms with E-state index in [9.17, 15) is 8.78 Å². The summed E-state index contributed by atoms with van der Waals surface area (Å²) >= 11 is 3.62. The molecule has 2 rings (SSSR count). The van der Waals surface area contributed by atoms with Crippen molar-refractivity contribution in [3.63, 3.8) is 0 Å². The van der Waals surface area contributed by atoms with Crippen molar-refractivity contribution in [3.05, 3.63) is 0 Å². The van der Waals surface area contributed by atoms with Crippen LogP contribution in [-0.2, 0) is 4.74 Å². The van der Waals surface area contributed by atoms with E-state index in [-0.39, 0.29) is 11.5 Å². The monoisotopic (exact) mass is 268 g/mol. The van der Waals surface area contributed by atoms with Crippen LogP contribution >= 0.6 is 15.9 Å². The summed E-state index contributed by atoms with van der Waals surface area (Å²) in [7, 11) is 0. The Morgan fingerprint density at radius 3 is 2.50 bits per heavy atom. The lowest BCUT2D eigenvalue weighted by atomic mass is 9.65. The van der Waals surface area contributed by atoms with Gasteiger partial charge in [-0.2, -0.15) is 0 Å². The van der Waals surface area contributed by atoms with E-state index >= 15 is 0 Å². The summed E-state index contributed by atoms with van der Waals surface area (Å²) in [6.07, 6.45) is 3.35. The van der Waals surface area contributed by atoms with Gasteiger partial charge in [0.1, 0.15) is 6.61 Å². The van der Waals surface area contributed by atoms with Gasteiger partial charge in [-0.25, -0.2) is 8.78 Å². The highest BCUT2D eigenvalue weighted by atomic mass is 79.9. The van der Waals surface area contributed by atoms with E-state index in [0.717, 1.165) is 19.3 Å². The van der Waals surface area contributed by atoms with Crippen LogP contribution in [0.3, 0.4) is 0 Å². The molecule has 0 amide bonds. The molecular formula is C10H15BrF2O. The van der Waals surface area contributed by atoms with Crippen molar-refractivity contribution in [1.29, 1.82) is 0 Å². The Hall–Kier alpha value is 0.300. The Morgan fingerprint density at radius 1 is 1.36 bits per heavy atom. The zero-order chi connectivity index (χ0) is 10.2. The van der Waals surface area contributed by atoms with Crippen molar-refractivity contribution >= 4 is 15.9 Å². The average Bonchev–Trinajstić information content (AvgIpc) is 2.62. The Kier molecular flexibility index (Phi) is 3.12. The highest BCUT2D eigenvalue weighted by Crippen LogP contribution is 2.57. The highest BCUT2D eigenvalue weighted by Gasteiger charge is 2.55. The van der Waals surface area contributed by atoms with Crippen LogP contribution < -0.4 is 0 Å². The summed E-state index contributed by atoms with van der Waals surface area (Å²) in [5, 5.41) is 0. The molecule has 2 saturated carbocycles. The number of rotatable bonds is 3. The normalized spacial score (nSPS) is 35.1. The van der Waals surface area contributed by atoms with E-state index < -0.39 is 13.0 Å². The first-order chi connectivity index (χ1) is 6.65. The molecule has 2 unspecified atom stereocenters. The highest BCUT2D eigenvalue weighted by molar-refractivity contribution is 9.09. The van der Waals surface area contributed by atoms with Crippen molar-refractivity contribution < 1.29 is 13.5 Å². The Morgan fingerprint density at radius 2 is 2.00 bits per heavy atom. The summed E-state index contributed by atoms with van der Waals surface area (Å²) in [6.45, 7) is -0.397. The summed E-state index contributed by atoms with van der Waals surface area (Å²) in [5.41, 5.74) is 0.189. The summed E-state index contributed by atoms with van der Waals surface area (Å²) in [6, 6.07) is 0. The van der Waals surface area contributed by atoms with Crippen LogP contribution in [0, 0.1) is 5.41 Å². The van der Waals surface area contributed by atoms with Crippen LogP contribution in [0.4, 0.5) is 8.78 Å². The van der Waals surface area contributed by atoms with E-state index in [0.29, 0.717) is 4.83 Å². The van der Waals surface area contributed by atoms with E-state index in [2.05, 4.69) is 15.9 Å². The second kappa shape index (κ2) is 4.05. The molecule has 14 heavy (non-hydrogen) atoms. The molecule has 4 heteroatoms. The van der Waals surface area contributed by atoms with Gasteiger partial charge in [0.2, 0.25) is 0 Å². The van der Waals surface area contributed by atoms with Crippen molar-refractivity contribution in [2.45, 2.75) is 49.5 Å². The topological polar surface area (TPSA) is 9.23 Å². The molecule has 1 nitrogen and oxygen atoms in total. The van der Waals surface area contributed by atoms with Gasteiger partial charge >= 0.3 is 0 Å². The molecular weight excluding hydrogens is 254 g/mol. The third-order valence-electron chi connectivity index (χ3n) is 3.64. The molecule has 1 spiro atoms. The molecule has 2 atom stereocenters. The molecule has 2 fully saturated rings. The van der Waals surface area contributed by atoms with Gasteiger partial charge in [0.05, 0.1) is 6.10 Å². The molecule has 0 heterocycles. The van der Waals surface area contributed by atoms with Crippen LogP contribution in [0.5, 0.6) is 0 Å². The Labute approximate surface area is 91.3 Å². The number of alkyl halides is 3. The number of ether oxygens (including phenoxy) is 1. The van der Waals surface area contributed by atoms with Crippen LogP contribution in [0.2, 0.25) is 0 Å². The van der Waals surface area contributed by atoms with Gasteiger partial charge < -0.3 is 4.74 Å². The lowest BCUT2D eigenvalue weighted by Gasteiger charge is -2.51. The largest absolute Gasteiger partial charge is 0.372 e. The van der Waals surface area contributed by atoms with Crippen LogP contribution in [-0.4, -0.2) is 24.0 Å². The predicted molar refractivity (Wildman–Crippen MR) is 54.0 cm³/mol. The minimum Gasteiger partial charge on any atom is -0.372 e. The fourth-order valence-corrected chi connectivity index (χ4v) is 3.88. The first-order valence-corrected chi connectivity index (χ1v) is 6.10. The van der Waals surface area contributed by atoms with E-state index in [1.54, 1.807) is 0 Å². The lowest BCUT2D eigenvalue weighted by molar-refractivity contribution is -0.126. The minimum atomic E-state index is -2.33. The average molecular weight is 269 g/mol. The molecule has 2 aliphatic rings. The van der Waals surface area contributed by atoms with Gasteiger partial charge in [-0.1, -0.05) is 28.8 Å². The molecule has 0 bridgehead atoms. The lowest BCUT2D eigenvalue weighted by Crippen LogP contribution is -2.54. The predicted octanol–water partition coefficient (Wildman–Crippen LogP) is 3.36. The van der Waals surface area contributed by atoms with Gasteiger partial charge in [0.15, 0.2) is 0 Å². The zero-order valence-corrected chi connectivity index (χ0v) is 9.60. The minimum absolute atomic E-state index is 0.0726. The molecule has 82 valence electrons. The standard InChI is InChI=1S/C10H15BrF2O/c11-7-5-8(14-6-9(12)13)10(7)3-1-2-4-10/h7-9H,1-6H2. The van der Waals surface area contributed by atoms with Crippen molar-refractivity contribution in [1.82, 2.24) is 0 Å². The van der Waals surface area contributed by atoms with Crippen molar-refractivity contribution in [2.75, 3.05) is 6.61 Å². The molecule has 0 aromatic heterocycles. The summed E-state index contributed by atoms with van der Waals surface area (Å²) < 4.78 is 29.3. The molecule has 0 aliphatic heterocycles. The van der Waals surface area contributed by atoms with Gasteiger partial charge in [0, 0.05) is 10.2 Å². The second-order valence-corrected chi connectivity index (χ2v) is 5.46. The molecule has 0 saturated heterocycles. The maximum absolute atomic E-state index is 12.0. The Bertz CT molecular complexity index is 204. The third kappa shape index (κ3) is 1.71. The second-order valence-electron chi connectivity index (χ2n) is 4.36. The van der Waals surface area contributed by atoms with E-state index in [1.807, 2.05) is 0 Å². The first-order valence-electron chi connectivity index (χ1n) is 5.19. The summed E-state index contributed by atoms with van der Waals surface area (Å²) in [5.74, 6) is 0. The van der Waals surface area contributed by atoms with Gasteiger partial charge in [-0.3, -0.25) is 0 Å². The van der Waals surface area contributed by atoms with Gasteiger partial charge in [0.25, 0.3) is 6.43 Å². The third-order valence-corrected chi connectivity index (χ3v) is 4.93. The summed E-state index contributed by atoms with van der Waals surface area (Å²) in [4.78, 5) is 0.486. The van der Waals surface area contributed by atoms with Gasteiger partial charge in [-0.05, 0) is 19.3 Å². The van der Waals surface area contributed by atoms with Crippen molar-refractivity contribution in [3.8, 4) is 0 Å². The molecule has 0 aromatic carbocycles. The molecule has 0 radical (unpaired) electrons. The van der Waals surface area contributed by atoms with Crippen LogP contribution in [0.1, 0.15) is 32.1 Å². The Balaban J connectivity index is 1.88. The first kappa shape index (κ1) is 10.8. The van der Waals surface area contributed by atoms with Gasteiger partial charge in [-0.15, -0.1) is 0 Å². The van der Waals surface area contributed by atoms with E-state index in [1.165, 1.54) is 12.8 Å². The zero-order valence-electron chi connectivity index (χ0n) is 8.02. The molecule has 0 aromatic rings. The van der Waals surface area contributed by atoms with E-state index in [4.69, 9.17) is 4.74 Å². The van der Waals surface area contributed by atoms with Crippen molar-refractivity contribution in [2.24, 2.45) is 5.41 Å². The number of hydrogen-bond donors (Lipinski definition) is 0. The molecule has 2 aliphatic carbocycles. The van der Waals surface area contributed by atoms with Crippen LogP contribution in [0.15, 0.2) is 0 Å². The number of hydrogen-bond acceptors (Lipinski definition) is 1. The fourth-order valence-electron chi connectivity index (χ4n) is 2.79. The fraction of sp³-hybridized carbons (Fsp3) is 1.00.